The van der Waals surface area contributed by atoms with E-state index in [1.54, 1.807) is 18.0 Å². The van der Waals surface area contributed by atoms with Crippen molar-refractivity contribution in [3.63, 3.8) is 0 Å². The molecule has 0 saturated carbocycles. The summed E-state index contributed by atoms with van der Waals surface area (Å²) in [5.74, 6) is -1.36. The lowest BCUT2D eigenvalue weighted by Gasteiger charge is -2.22. The van der Waals surface area contributed by atoms with Crippen molar-refractivity contribution in [3.05, 3.63) is 16.1 Å². The van der Waals surface area contributed by atoms with Gasteiger partial charge in [0.05, 0.1) is 17.1 Å². The molecule has 2 heterocycles. The van der Waals surface area contributed by atoms with Crippen LogP contribution in [0.25, 0.3) is 0 Å². The third-order valence-electron chi connectivity index (χ3n) is 3.56. The van der Waals surface area contributed by atoms with E-state index in [9.17, 15) is 9.59 Å². The van der Waals surface area contributed by atoms with Crippen LogP contribution in [0.2, 0.25) is 0 Å². The minimum Gasteiger partial charge on any atom is -0.481 e. The average molecular weight is 282 g/mol. The van der Waals surface area contributed by atoms with Gasteiger partial charge in [0.1, 0.15) is 4.88 Å². The summed E-state index contributed by atoms with van der Waals surface area (Å²) >= 11 is 1.41. The minimum atomic E-state index is -0.821. The van der Waals surface area contributed by atoms with Crippen LogP contribution in [0.15, 0.2) is 6.20 Å². The number of hydrogen-bond donors (Lipinski definition) is 1. The Kier molecular flexibility index (Phi) is 4.19. The number of carboxylic acid groups (broad SMARTS) is 1. The highest BCUT2D eigenvalue weighted by Crippen LogP contribution is 2.27. The fourth-order valence-corrected chi connectivity index (χ4v) is 3.41. The van der Waals surface area contributed by atoms with Gasteiger partial charge in [-0.15, -0.1) is 11.3 Å². The van der Waals surface area contributed by atoms with E-state index in [0.717, 1.165) is 17.8 Å². The second-order valence-electron chi connectivity index (χ2n) is 4.84. The van der Waals surface area contributed by atoms with Crippen LogP contribution in [0.4, 0.5) is 0 Å². The van der Waals surface area contributed by atoms with Crippen molar-refractivity contribution in [1.29, 1.82) is 0 Å². The van der Waals surface area contributed by atoms with Crippen LogP contribution in [-0.2, 0) is 11.2 Å². The molecule has 5 nitrogen and oxygen atoms in total. The van der Waals surface area contributed by atoms with Crippen molar-refractivity contribution in [2.75, 3.05) is 6.54 Å². The predicted octanol–water partition coefficient (Wildman–Crippen LogP) is 2.03. The molecule has 1 aliphatic heterocycles. The Labute approximate surface area is 116 Å². The number of rotatable bonds is 4. The van der Waals surface area contributed by atoms with Crippen molar-refractivity contribution in [3.8, 4) is 0 Å². The normalized spacial score (nSPS) is 22.7. The second-order valence-corrected chi connectivity index (χ2v) is 5.96. The number of nitrogens with zero attached hydrogens (tertiary/aromatic N) is 2. The van der Waals surface area contributed by atoms with Gasteiger partial charge in [0.2, 0.25) is 0 Å². The Bertz CT molecular complexity index is 486. The largest absolute Gasteiger partial charge is 0.481 e. The summed E-state index contributed by atoms with van der Waals surface area (Å²) in [4.78, 5) is 29.9. The van der Waals surface area contributed by atoms with E-state index in [4.69, 9.17) is 5.11 Å². The van der Waals surface area contributed by atoms with Gasteiger partial charge in [0.15, 0.2) is 0 Å². The maximum atomic E-state index is 12.3. The number of amides is 1. The molecule has 2 unspecified atom stereocenters. The zero-order valence-electron chi connectivity index (χ0n) is 11.1. The van der Waals surface area contributed by atoms with Gasteiger partial charge in [-0.1, -0.05) is 6.92 Å². The Morgan fingerprint density at radius 3 is 2.89 bits per heavy atom. The molecule has 1 aromatic heterocycles. The van der Waals surface area contributed by atoms with Crippen molar-refractivity contribution >= 4 is 23.2 Å². The topological polar surface area (TPSA) is 70.5 Å². The average Bonchev–Trinajstić information content (AvgIpc) is 2.95. The summed E-state index contributed by atoms with van der Waals surface area (Å²) < 4.78 is 0. The number of likely N-dealkylation sites (tertiary alicyclic amines) is 1. The summed E-state index contributed by atoms with van der Waals surface area (Å²) in [5, 5.41) is 10.0. The molecule has 19 heavy (non-hydrogen) atoms. The molecule has 1 N–H and O–H groups in total. The number of aliphatic carboxylic acids is 1. The van der Waals surface area contributed by atoms with Gasteiger partial charge in [-0.25, -0.2) is 4.98 Å². The number of carboxylic acids is 1. The monoisotopic (exact) mass is 282 g/mol. The molecule has 1 aliphatic rings. The van der Waals surface area contributed by atoms with Gasteiger partial charge >= 0.3 is 5.97 Å². The standard InChI is InChI=1S/C13H18N2O3S/c1-3-4-11-14-7-10(19-11)12(16)15-6-5-9(8(15)2)13(17)18/h7-9H,3-6H2,1-2H3,(H,17,18). The molecule has 0 bridgehead atoms. The summed E-state index contributed by atoms with van der Waals surface area (Å²) in [6, 6.07) is -0.248. The van der Waals surface area contributed by atoms with Gasteiger partial charge in [-0.2, -0.15) is 0 Å². The first-order valence-electron chi connectivity index (χ1n) is 6.53. The van der Waals surface area contributed by atoms with Gasteiger partial charge in [0.25, 0.3) is 5.91 Å². The lowest BCUT2D eigenvalue weighted by Crippen LogP contribution is -2.37. The third-order valence-corrected chi connectivity index (χ3v) is 4.61. The number of aryl methyl sites for hydroxylation is 1. The van der Waals surface area contributed by atoms with Crippen molar-refractivity contribution in [1.82, 2.24) is 9.88 Å². The second kappa shape index (κ2) is 5.69. The van der Waals surface area contributed by atoms with E-state index in [1.165, 1.54) is 11.3 Å². The highest BCUT2D eigenvalue weighted by Gasteiger charge is 2.38. The van der Waals surface area contributed by atoms with Gasteiger partial charge < -0.3 is 10.0 Å². The number of carbonyl (C=O) groups is 2. The molecule has 6 heteroatoms. The van der Waals surface area contributed by atoms with Crippen molar-refractivity contribution in [2.24, 2.45) is 5.92 Å². The van der Waals surface area contributed by atoms with Crippen LogP contribution in [0.5, 0.6) is 0 Å². The van der Waals surface area contributed by atoms with Crippen molar-refractivity contribution < 1.29 is 14.7 Å². The third kappa shape index (κ3) is 2.78. The summed E-state index contributed by atoms with van der Waals surface area (Å²) in [6.45, 7) is 4.39. The SMILES string of the molecule is CCCc1ncc(C(=O)N2CCC(C(=O)O)C2C)s1. The Hall–Kier alpha value is -1.43. The smallest absolute Gasteiger partial charge is 0.308 e. The van der Waals surface area contributed by atoms with Crippen LogP contribution in [0.1, 0.15) is 41.4 Å². The molecule has 1 fully saturated rings. The quantitative estimate of drug-likeness (QED) is 0.917. The molecule has 1 saturated heterocycles. The number of thiazole rings is 1. The van der Waals surface area contributed by atoms with Crippen LogP contribution in [0, 0.1) is 5.92 Å². The van der Waals surface area contributed by atoms with Gasteiger partial charge in [-0.3, -0.25) is 9.59 Å². The zero-order chi connectivity index (χ0) is 14.0. The first-order chi connectivity index (χ1) is 9.04. The first-order valence-corrected chi connectivity index (χ1v) is 7.34. The van der Waals surface area contributed by atoms with E-state index in [2.05, 4.69) is 11.9 Å². The van der Waals surface area contributed by atoms with Gasteiger partial charge in [0, 0.05) is 12.6 Å². The van der Waals surface area contributed by atoms with E-state index in [1.807, 2.05) is 0 Å². The summed E-state index contributed by atoms with van der Waals surface area (Å²) in [5.41, 5.74) is 0. The van der Waals surface area contributed by atoms with Crippen LogP contribution >= 0.6 is 11.3 Å². The predicted molar refractivity (Wildman–Crippen MR) is 72.4 cm³/mol. The van der Waals surface area contributed by atoms with Gasteiger partial charge in [-0.05, 0) is 26.2 Å². The molecule has 1 amide bonds. The Morgan fingerprint density at radius 2 is 2.32 bits per heavy atom. The van der Waals surface area contributed by atoms with Crippen LogP contribution in [-0.4, -0.2) is 39.5 Å². The fourth-order valence-electron chi connectivity index (χ4n) is 2.44. The molecule has 0 spiro atoms. The van der Waals surface area contributed by atoms with E-state index < -0.39 is 11.9 Å². The zero-order valence-corrected chi connectivity index (χ0v) is 11.9. The molecule has 0 radical (unpaired) electrons. The van der Waals surface area contributed by atoms with Crippen LogP contribution < -0.4 is 0 Å². The molecule has 0 aromatic carbocycles. The molecule has 2 atom stereocenters. The number of carbonyl (C=O) groups excluding carboxylic acids is 1. The van der Waals surface area contributed by atoms with E-state index in [0.29, 0.717) is 17.8 Å². The van der Waals surface area contributed by atoms with E-state index >= 15 is 0 Å². The number of hydrogen-bond acceptors (Lipinski definition) is 4. The first kappa shape index (κ1) is 14.0. The lowest BCUT2D eigenvalue weighted by atomic mass is 10.0. The Balaban J connectivity index is 2.09. The molecule has 0 aliphatic carbocycles. The highest BCUT2D eigenvalue weighted by atomic mass is 32.1. The summed E-state index contributed by atoms with van der Waals surface area (Å²) in [6.07, 6.45) is 4.02. The molecule has 1 aromatic rings. The van der Waals surface area contributed by atoms with Crippen LogP contribution in [0.3, 0.4) is 0 Å². The maximum absolute atomic E-state index is 12.3. The van der Waals surface area contributed by atoms with E-state index in [-0.39, 0.29) is 11.9 Å². The fraction of sp³-hybridized carbons (Fsp3) is 0.615. The van der Waals surface area contributed by atoms with Crippen molar-refractivity contribution in [2.45, 2.75) is 39.2 Å². The molecule has 104 valence electrons. The molecule has 2 rings (SSSR count). The highest BCUT2D eigenvalue weighted by molar-refractivity contribution is 7.13. The Morgan fingerprint density at radius 1 is 1.58 bits per heavy atom. The maximum Gasteiger partial charge on any atom is 0.308 e. The molecular formula is C13H18N2O3S. The minimum absolute atomic E-state index is 0.0869. The lowest BCUT2D eigenvalue weighted by molar-refractivity contribution is -0.142. The number of aromatic nitrogens is 1. The molecular weight excluding hydrogens is 264 g/mol. The summed E-state index contributed by atoms with van der Waals surface area (Å²) in [7, 11) is 0.